The summed E-state index contributed by atoms with van der Waals surface area (Å²) in [5, 5.41) is 2.89. The van der Waals surface area contributed by atoms with Crippen molar-refractivity contribution in [3.05, 3.63) is 0 Å². The Morgan fingerprint density at radius 2 is 2.40 bits per heavy atom. The average molecular weight is 169 g/mol. The van der Waals surface area contributed by atoms with Crippen LogP contribution in [-0.4, -0.2) is 59.3 Å². The van der Waals surface area contributed by atoms with Gasteiger partial charge in [-0.3, -0.25) is 14.9 Å². The summed E-state index contributed by atoms with van der Waals surface area (Å²) in [6, 6.07) is -0.215. The van der Waals surface area contributed by atoms with E-state index in [1.807, 2.05) is 0 Å². The third kappa shape index (κ3) is 2.72. The van der Waals surface area contributed by atoms with Gasteiger partial charge in [-0.25, -0.2) is 0 Å². The zero-order valence-corrected chi connectivity index (χ0v) is 5.61. The molecular formula is C5H8NNaO2S. The topological polar surface area (TPSA) is 46.2 Å². The van der Waals surface area contributed by atoms with Gasteiger partial charge < -0.3 is 0 Å². The Morgan fingerprint density at radius 3 is 2.80 bits per heavy atom. The molecule has 1 heterocycles. The molecule has 10 heavy (non-hydrogen) atoms. The first kappa shape index (κ1) is 10.7. The monoisotopic (exact) mass is 169 g/mol. The van der Waals surface area contributed by atoms with Crippen molar-refractivity contribution in [1.29, 1.82) is 0 Å². The fourth-order valence-electron chi connectivity index (χ4n) is 0.660. The van der Waals surface area contributed by atoms with Crippen LogP contribution < -0.4 is 5.32 Å². The van der Waals surface area contributed by atoms with E-state index >= 15 is 0 Å². The predicted octanol–water partition coefficient (Wildman–Crippen LogP) is -1.23. The fourth-order valence-corrected chi connectivity index (χ4v) is 1.61. The Bertz CT molecular complexity index is 136. The van der Waals surface area contributed by atoms with E-state index < -0.39 is 0 Å². The average Bonchev–Trinajstić information content (AvgIpc) is 2.37. The van der Waals surface area contributed by atoms with Gasteiger partial charge in [0.1, 0.15) is 0 Å². The van der Waals surface area contributed by atoms with Crippen molar-refractivity contribution in [1.82, 2.24) is 5.32 Å². The molecule has 0 spiro atoms. The molecule has 0 amide bonds. The third-order valence-corrected chi connectivity index (χ3v) is 2.12. The van der Waals surface area contributed by atoms with Crippen molar-refractivity contribution in [3.63, 3.8) is 0 Å². The zero-order chi connectivity index (χ0) is 6.69. The first-order valence-corrected chi connectivity index (χ1v) is 3.80. The Balaban J connectivity index is 0.000000810. The number of hydrogen-bond acceptors (Lipinski definition) is 4. The summed E-state index contributed by atoms with van der Waals surface area (Å²) >= 11 is 1.64. The molecule has 0 aromatic rings. The summed E-state index contributed by atoms with van der Waals surface area (Å²) in [7, 11) is 0. The second kappa shape index (κ2) is 5.32. The van der Waals surface area contributed by atoms with E-state index in [1.54, 1.807) is 11.8 Å². The molecule has 1 aliphatic heterocycles. The number of carbonyl (C=O) groups is 2. The fraction of sp³-hybridized carbons (Fsp3) is 0.600. The molecule has 5 heteroatoms. The molecule has 0 saturated carbocycles. The molecule has 0 bridgehead atoms. The molecule has 0 aromatic heterocycles. The molecule has 1 fully saturated rings. The van der Waals surface area contributed by atoms with E-state index in [9.17, 15) is 9.59 Å². The van der Waals surface area contributed by atoms with E-state index in [2.05, 4.69) is 5.32 Å². The van der Waals surface area contributed by atoms with Crippen molar-refractivity contribution in [2.75, 3.05) is 11.6 Å². The van der Waals surface area contributed by atoms with Crippen molar-refractivity contribution >= 4 is 53.4 Å². The summed E-state index contributed by atoms with van der Waals surface area (Å²) in [4.78, 5) is 20.5. The number of nitrogens with one attached hydrogen (secondary N) is 1. The second-order valence-corrected chi connectivity index (χ2v) is 2.82. The SMILES string of the molecule is O=CC(=O)C1CSCN1.[NaH]. The van der Waals surface area contributed by atoms with Crippen LogP contribution >= 0.6 is 11.8 Å². The van der Waals surface area contributed by atoms with Crippen molar-refractivity contribution < 1.29 is 9.59 Å². The molecule has 3 nitrogen and oxygen atoms in total. The number of Topliss-reactive ketones (excluding diaryl/α,β-unsaturated/α-hetero) is 1. The Hall–Kier alpha value is 0.650. The van der Waals surface area contributed by atoms with Gasteiger partial charge in [-0.2, -0.15) is 0 Å². The molecule has 0 radical (unpaired) electrons. The van der Waals surface area contributed by atoms with Gasteiger partial charge in [-0.05, 0) is 0 Å². The molecule has 1 aliphatic rings. The maximum absolute atomic E-state index is 10.6. The molecule has 0 aliphatic carbocycles. The van der Waals surface area contributed by atoms with Crippen LogP contribution in [-0.2, 0) is 9.59 Å². The number of rotatable bonds is 2. The van der Waals surface area contributed by atoms with Crippen molar-refractivity contribution in [2.24, 2.45) is 0 Å². The van der Waals surface area contributed by atoms with E-state index in [4.69, 9.17) is 0 Å². The molecule has 0 aromatic carbocycles. The predicted molar refractivity (Wildman–Crippen MR) is 42.5 cm³/mol. The van der Waals surface area contributed by atoms with Crippen LogP contribution in [0.15, 0.2) is 0 Å². The van der Waals surface area contributed by atoms with Crippen LogP contribution in [0, 0.1) is 0 Å². The van der Waals surface area contributed by atoms with Gasteiger partial charge in [0, 0.05) is 11.6 Å². The Kier molecular flexibility index (Phi) is 5.67. The van der Waals surface area contributed by atoms with Crippen LogP contribution in [0.3, 0.4) is 0 Å². The van der Waals surface area contributed by atoms with E-state index in [-0.39, 0.29) is 41.4 Å². The normalized spacial score (nSPS) is 23.4. The van der Waals surface area contributed by atoms with Crippen molar-refractivity contribution in [2.45, 2.75) is 6.04 Å². The molecular weight excluding hydrogens is 161 g/mol. The minimum atomic E-state index is -0.333. The zero-order valence-electron chi connectivity index (χ0n) is 4.79. The molecule has 1 rings (SSSR count). The number of ketones is 1. The molecule has 1 atom stereocenters. The van der Waals surface area contributed by atoms with Crippen molar-refractivity contribution in [3.8, 4) is 0 Å². The van der Waals surface area contributed by atoms with Gasteiger partial charge in [-0.15, -0.1) is 11.8 Å². The standard InChI is InChI=1S/C5H7NO2S.Na.H/c7-1-5(8)4-2-9-3-6-4;;/h1,4,6H,2-3H2;;. The number of carbonyl (C=O) groups excluding carboxylic acids is 2. The van der Waals surface area contributed by atoms with Crippen LogP contribution in [0.1, 0.15) is 0 Å². The van der Waals surface area contributed by atoms with Gasteiger partial charge in [-0.1, -0.05) is 0 Å². The number of thioether (sulfide) groups is 1. The third-order valence-electron chi connectivity index (χ3n) is 1.18. The van der Waals surface area contributed by atoms with E-state index in [0.29, 0.717) is 6.29 Å². The molecule has 1 N–H and O–H groups in total. The van der Waals surface area contributed by atoms with Gasteiger partial charge in [0.25, 0.3) is 0 Å². The Morgan fingerprint density at radius 1 is 1.70 bits per heavy atom. The van der Waals surface area contributed by atoms with Crippen LogP contribution in [0.25, 0.3) is 0 Å². The second-order valence-electron chi connectivity index (χ2n) is 1.79. The molecule has 1 unspecified atom stereocenters. The van der Waals surface area contributed by atoms with Gasteiger partial charge in [0.05, 0.1) is 6.04 Å². The number of hydrogen-bond donors (Lipinski definition) is 1. The molecule has 1 saturated heterocycles. The summed E-state index contributed by atoms with van der Waals surface area (Å²) in [6.45, 7) is 0. The first-order valence-electron chi connectivity index (χ1n) is 2.65. The number of aldehydes is 1. The quantitative estimate of drug-likeness (QED) is 0.319. The maximum atomic E-state index is 10.6. The summed E-state index contributed by atoms with van der Waals surface area (Å²) in [5.74, 6) is 1.18. The van der Waals surface area contributed by atoms with Crippen LogP contribution in [0.5, 0.6) is 0 Å². The van der Waals surface area contributed by atoms with Gasteiger partial charge in [0.2, 0.25) is 5.78 Å². The van der Waals surface area contributed by atoms with Crippen LogP contribution in [0.4, 0.5) is 0 Å². The van der Waals surface area contributed by atoms with E-state index in [0.717, 1.165) is 11.6 Å². The summed E-state index contributed by atoms with van der Waals surface area (Å²) in [5.41, 5.74) is 0. The summed E-state index contributed by atoms with van der Waals surface area (Å²) in [6.07, 6.45) is 0.379. The van der Waals surface area contributed by atoms with Gasteiger partial charge >= 0.3 is 29.6 Å². The minimum absolute atomic E-state index is 0. The Labute approximate surface area is 85.6 Å². The first-order chi connectivity index (χ1) is 4.34. The van der Waals surface area contributed by atoms with Gasteiger partial charge in [0.15, 0.2) is 6.29 Å². The summed E-state index contributed by atoms with van der Waals surface area (Å²) < 4.78 is 0. The molecule has 52 valence electrons. The van der Waals surface area contributed by atoms with E-state index in [1.165, 1.54) is 0 Å². The van der Waals surface area contributed by atoms with Crippen LogP contribution in [0.2, 0.25) is 0 Å².